The van der Waals surface area contributed by atoms with Crippen molar-refractivity contribution in [3.05, 3.63) is 0 Å². The van der Waals surface area contributed by atoms with Crippen LogP contribution in [0.1, 0.15) is 0 Å². The van der Waals surface area contributed by atoms with Gasteiger partial charge in [0.2, 0.25) is 0 Å². The summed E-state index contributed by atoms with van der Waals surface area (Å²) in [5.74, 6) is 0. The van der Waals surface area contributed by atoms with E-state index >= 15 is 0 Å². The molecule has 0 spiro atoms. The van der Waals surface area contributed by atoms with Crippen molar-refractivity contribution in [1.82, 2.24) is 0 Å². The molecule has 0 aliphatic rings. The van der Waals surface area contributed by atoms with E-state index in [2.05, 4.69) is 0 Å². The first-order valence-electron chi connectivity index (χ1n) is 0.200. The Balaban J connectivity index is -0.00000000500. The molecule has 0 aromatic rings. The van der Waals surface area contributed by atoms with Crippen molar-refractivity contribution in [3.8, 4) is 0 Å². The average molecular weight is 126 g/mol. The Morgan fingerprint density at radius 2 is 1.00 bits per heavy atom. The molecule has 0 aliphatic carbocycles. The van der Waals surface area contributed by atoms with Gasteiger partial charge in [-0.2, -0.15) is 0 Å². The summed E-state index contributed by atoms with van der Waals surface area (Å²) in [5, 5.41) is 12.0. The van der Waals surface area contributed by atoms with Crippen molar-refractivity contribution in [2.45, 2.75) is 0 Å². The molecule has 4 heteroatoms. The third-order valence-electron chi connectivity index (χ3n) is 0. The second kappa shape index (κ2) is 33.3. The Hall–Kier alpha value is 1.08. The minimum absolute atomic E-state index is 0. The Morgan fingerprint density at radius 3 is 1.00 bits per heavy atom. The number of hydrogen-bond donors (Lipinski definition) is 2. The van der Waals surface area contributed by atoms with Gasteiger partial charge in [0.1, 0.15) is 0 Å². The summed E-state index contributed by atoms with van der Waals surface area (Å²) in [7, 11) is 0. The molecule has 0 aromatic carbocycles. The van der Waals surface area contributed by atoms with E-state index in [1.54, 1.807) is 0 Å². The number of rotatable bonds is 0. The van der Waals surface area contributed by atoms with Crippen LogP contribution in [0.15, 0.2) is 0 Å². The van der Waals surface area contributed by atoms with Crippen LogP contribution >= 0.6 is 0 Å². The first kappa shape index (κ1) is 19.6. The maximum atomic E-state index is 6.00. The summed E-state index contributed by atoms with van der Waals surface area (Å²) in [6.45, 7) is 0. The predicted molar refractivity (Wildman–Crippen MR) is 11.0 cm³/mol. The van der Waals surface area contributed by atoms with Crippen LogP contribution in [0.3, 0.4) is 0 Å². The Morgan fingerprint density at radius 1 is 1.00 bits per heavy atom. The molecular weight excluding hydrogens is 124 g/mol. The molecule has 0 saturated heterocycles. The van der Waals surface area contributed by atoms with Crippen molar-refractivity contribution in [1.29, 1.82) is 0 Å². The van der Waals surface area contributed by atoms with Crippen molar-refractivity contribution in [3.63, 3.8) is 0 Å². The van der Waals surface area contributed by atoms with Crippen LogP contribution in [0.4, 0.5) is 0 Å². The van der Waals surface area contributed by atoms with Crippen molar-refractivity contribution in [2.75, 3.05) is 0 Å². The van der Waals surface area contributed by atoms with E-state index in [4.69, 9.17) is 10.5 Å². The van der Waals surface area contributed by atoms with Crippen LogP contribution in [0.5, 0.6) is 0 Å². The smallest absolute Gasteiger partial charge is 0.255 e. The number of hydrogen-bond acceptors (Lipinski definition) is 2. The first-order valence-corrected chi connectivity index (χ1v) is 0.200. The first-order chi connectivity index (χ1) is 1.00. The fraction of sp³-hybridized carbons (Fsp3) is 0. The molecule has 0 rings (SSSR count). The van der Waals surface area contributed by atoms with Crippen LogP contribution in [-0.2, 0) is 19.5 Å². The maximum absolute atomic E-state index is 6.00. The van der Waals surface area contributed by atoms with Gasteiger partial charge >= 0.3 is 36.8 Å². The van der Waals surface area contributed by atoms with Gasteiger partial charge < -0.3 is 0 Å². The zero-order chi connectivity index (χ0) is 2.00. The van der Waals surface area contributed by atoms with Gasteiger partial charge in [-0.3, -0.25) is 10.5 Å². The molecule has 0 aliphatic heterocycles. The molecule has 0 fully saturated rings. The van der Waals surface area contributed by atoms with E-state index in [9.17, 15) is 0 Å². The Labute approximate surface area is 47.6 Å². The summed E-state index contributed by atoms with van der Waals surface area (Å²) in [6.07, 6.45) is 0. The Bertz CT molecular complexity index is 6.00. The summed E-state index contributed by atoms with van der Waals surface area (Å²) in [6, 6.07) is 0. The third kappa shape index (κ3) is 11.5. The van der Waals surface area contributed by atoms with Gasteiger partial charge in [-0.1, -0.05) is 0 Å². The monoisotopic (exact) mass is 125 g/mol. The minimum Gasteiger partial charge on any atom is -0.255 e. The fourth-order valence-corrected chi connectivity index (χ4v) is 0. The molecule has 0 radical (unpaired) electrons. The van der Waals surface area contributed by atoms with E-state index in [0.29, 0.717) is 0 Å². The van der Waals surface area contributed by atoms with Crippen molar-refractivity contribution in [2.24, 2.45) is 0 Å². The van der Waals surface area contributed by atoms with E-state index in [1.165, 1.54) is 0 Å². The third-order valence-corrected chi connectivity index (χ3v) is 0. The Kier molecular flexibility index (Phi) is 163. The maximum Gasteiger partial charge on any atom is 3.00 e. The van der Waals surface area contributed by atoms with Crippen molar-refractivity contribution >= 4 is 17.4 Å². The van der Waals surface area contributed by atoms with E-state index in [0.717, 1.165) is 0 Å². The second-order valence-electron chi connectivity index (χ2n) is 0. The molecule has 0 saturated carbocycles. The molecule has 0 atom stereocenters. The molecule has 2 N–H and O–H groups in total. The molecule has 0 heterocycles. The SMILES string of the molecule is OO.[Al+3].[Zn+2]. The second-order valence-corrected chi connectivity index (χ2v) is 0. The van der Waals surface area contributed by atoms with E-state index < -0.39 is 0 Å². The normalized spacial score (nSPS) is 1.50. The fourth-order valence-electron chi connectivity index (χ4n) is 0. The minimum atomic E-state index is 0. The van der Waals surface area contributed by atoms with Crippen LogP contribution < -0.4 is 0 Å². The standard InChI is InChI=1S/Al.H2O2.Zn/c;1-2;/h;1-2H;/q+3;;+2. The molecule has 14 valence electrons. The van der Waals surface area contributed by atoms with Crippen molar-refractivity contribution < 1.29 is 30.0 Å². The summed E-state index contributed by atoms with van der Waals surface area (Å²) < 4.78 is 0. The van der Waals surface area contributed by atoms with Crippen LogP contribution in [0.25, 0.3) is 0 Å². The summed E-state index contributed by atoms with van der Waals surface area (Å²) in [5.41, 5.74) is 0. The summed E-state index contributed by atoms with van der Waals surface area (Å²) in [4.78, 5) is 0. The van der Waals surface area contributed by atoms with Crippen LogP contribution in [0, 0.1) is 0 Å². The van der Waals surface area contributed by atoms with Gasteiger partial charge in [-0.15, -0.1) is 0 Å². The average Bonchev–Trinajstić information content (AvgIpc) is 1.00. The van der Waals surface area contributed by atoms with Gasteiger partial charge in [-0.05, 0) is 0 Å². The topological polar surface area (TPSA) is 40.5 Å². The van der Waals surface area contributed by atoms with Crippen LogP contribution in [-0.4, -0.2) is 27.9 Å². The van der Waals surface area contributed by atoms with Gasteiger partial charge in [0.25, 0.3) is 0 Å². The van der Waals surface area contributed by atoms with E-state index in [-0.39, 0.29) is 36.8 Å². The largest absolute Gasteiger partial charge is 3.00 e. The van der Waals surface area contributed by atoms with Gasteiger partial charge in [0.05, 0.1) is 0 Å². The van der Waals surface area contributed by atoms with E-state index in [1.807, 2.05) is 0 Å². The molecule has 0 unspecified atom stereocenters. The molecule has 4 heavy (non-hydrogen) atoms. The van der Waals surface area contributed by atoms with Gasteiger partial charge in [-0.25, -0.2) is 0 Å². The van der Waals surface area contributed by atoms with Gasteiger partial charge in [0, 0.05) is 0 Å². The molecule has 0 aromatic heterocycles. The quantitative estimate of drug-likeness (QED) is 0.264. The van der Waals surface area contributed by atoms with Gasteiger partial charge in [0.15, 0.2) is 0 Å². The molecular formula is H2AlO2Zn+5. The van der Waals surface area contributed by atoms with Crippen LogP contribution in [0.2, 0.25) is 0 Å². The zero-order valence-corrected chi connectivity index (χ0v) is 6.30. The predicted octanol–water partition coefficient (Wildman–Crippen LogP) is -0.366. The zero-order valence-electron chi connectivity index (χ0n) is 2.18. The summed E-state index contributed by atoms with van der Waals surface area (Å²) >= 11 is 0. The molecule has 0 bridgehead atoms. The molecule has 2 nitrogen and oxygen atoms in total. The molecule has 0 amide bonds.